The summed E-state index contributed by atoms with van der Waals surface area (Å²) >= 11 is 0. The van der Waals surface area contributed by atoms with E-state index in [1.807, 2.05) is 0 Å². The van der Waals surface area contributed by atoms with Gasteiger partial charge in [0, 0.05) is 11.8 Å². The summed E-state index contributed by atoms with van der Waals surface area (Å²) in [5.74, 6) is -0.955. The van der Waals surface area contributed by atoms with E-state index in [0.717, 1.165) is 6.08 Å². The Labute approximate surface area is 129 Å². The van der Waals surface area contributed by atoms with Crippen molar-refractivity contribution < 1.29 is 18.0 Å². The lowest BCUT2D eigenvalue weighted by Crippen LogP contribution is -2.17. The molecule has 2 N–H and O–H groups in total. The molecule has 0 aliphatic heterocycles. The lowest BCUT2D eigenvalue weighted by atomic mass is 9.90. The number of hydrogen-bond acceptors (Lipinski definition) is 3. The van der Waals surface area contributed by atoms with Gasteiger partial charge >= 0.3 is 6.18 Å². The lowest BCUT2D eigenvalue weighted by molar-refractivity contribution is -0.0948. The first-order chi connectivity index (χ1) is 10.8. The molecule has 2 aromatic heterocycles. The van der Waals surface area contributed by atoms with Crippen LogP contribution in [0.25, 0.3) is 11.2 Å². The van der Waals surface area contributed by atoms with Gasteiger partial charge in [-0.3, -0.25) is 4.79 Å². The molecule has 0 saturated heterocycles. The summed E-state index contributed by atoms with van der Waals surface area (Å²) in [5, 5.41) is 4.03. The van der Waals surface area contributed by atoms with Gasteiger partial charge in [-0.1, -0.05) is 13.0 Å². The van der Waals surface area contributed by atoms with Gasteiger partial charge in [0.1, 0.15) is 5.56 Å². The van der Waals surface area contributed by atoms with Crippen molar-refractivity contribution in [2.24, 2.45) is 11.7 Å². The molecular formula is C15H13F3N4O. The molecule has 0 saturated carbocycles. The largest absolute Gasteiger partial charge is 0.412 e. The van der Waals surface area contributed by atoms with Crippen LogP contribution in [0.5, 0.6) is 0 Å². The number of carbonyl (C=O) groups excluding carboxylic acids is 1. The van der Waals surface area contributed by atoms with Crippen molar-refractivity contribution in [3.05, 3.63) is 47.4 Å². The van der Waals surface area contributed by atoms with Crippen LogP contribution in [0.15, 0.2) is 36.2 Å². The maximum Gasteiger partial charge on any atom is 0.412 e. The second-order valence-corrected chi connectivity index (χ2v) is 5.46. The Morgan fingerprint density at radius 1 is 1.43 bits per heavy atom. The Bertz CT molecular complexity index is 848. The maximum absolute atomic E-state index is 13.0. The second kappa shape index (κ2) is 5.22. The SMILES string of the molecule is CC1C=C(c2ccnc3c(C(N)=O)cnn23)C=C(C(F)(F)F)C1. The van der Waals surface area contributed by atoms with Crippen molar-refractivity contribution in [3.8, 4) is 0 Å². The van der Waals surface area contributed by atoms with Crippen molar-refractivity contribution >= 4 is 17.1 Å². The summed E-state index contributed by atoms with van der Waals surface area (Å²) in [6.07, 6.45) is 1.10. The normalized spacial score (nSPS) is 18.7. The Kier molecular flexibility index (Phi) is 3.46. The third-order valence-corrected chi connectivity index (χ3v) is 3.66. The zero-order chi connectivity index (χ0) is 16.8. The van der Waals surface area contributed by atoms with Crippen molar-refractivity contribution in [2.75, 3.05) is 0 Å². The van der Waals surface area contributed by atoms with Gasteiger partial charge in [-0.05, 0) is 30.1 Å². The number of rotatable bonds is 2. The molecule has 0 aromatic carbocycles. The molecule has 0 fully saturated rings. The van der Waals surface area contributed by atoms with E-state index < -0.39 is 17.7 Å². The molecule has 1 amide bonds. The molecular weight excluding hydrogens is 309 g/mol. The van der Waals surface area contributed by atoms with Gasteiger partial charge in [-0.25, -0.2) is 9.50 Å². The highest BCUT2D eigenvalue weighted by atomic mass is 19.4. The third-order valence-electron chi connectivity index (χ3n) is 3.66. The predicted octanol–water partition coefficient (Wildman–Crippen LogP) is 2.74. The first-order valence-corrected chi connectivity index (χ1v) is 6.90. The average Bonchev–Trinajstić information content (AvgIpc) is 2.89. The zero-order valence-electron chi connectivity index (χ0n) is 12.1. The first-order valence-electron chi connectivity index (χ1n) is 6.90. The van der Waals surface area contributed by atoms with Crippen LogP contribution in [0, 0.1) is 5.92 Å². The van der Waals surface area contributed by atoms with E-state index in [1.165, 1.54) is 16.9 Å². The van der Waals surface area contributed by atoms with Gasteiger partial charge < -0.3 is 5.73 Å². The molecule has 0 radical (unpaired) electrons. The standard InChI is InChI=1S/C15H13F3N4O/c1-8-4-9(6-10(5-8)15(16,17)18)12-2-3-20-14-11(13(19)23)7-21-22(12)14/h2-4,6-8H,5H2,1H3,(H2,19,23). The molecule has 120 valence electrons. The van der Waals surface area contributed by atoms with Gasteiger partial charge in [0.05, 0.1) is 11.9 Å². The van der Waals surface area contributed by atoms with Crippen molar-refractivity contribution in [1.82, 2.24) is 14.6 Å². The van der Waals surface area contributed by atoms with Gasteiger partial charge in [-0.2, -0.15) is 18.3 Å². The summed E-state index contributed by atoms with van der Waals surface area (Å²) in [6.45, 7) is 1.72. The molecule has 1 aliphatic rings. The number of halogens is 3. The quantitative estimate of drug-likeness (QED) is 0.924. The molecule has 0 bridgehead atoms. The fraction of sp³-hybridized carbons (Fsp3) is 0.267. The van der Waals surface area contributed by atoms with E-state index in [4.69, 9.17) is 5.73 Å². The van der Waals surface area contributed by atoms with E-state index in [0.29, 0.717) is 11.3 Å². The summed E-state index contributed by atoms with van der Waals surface area (Å²) in [5.41, 5.74) is 5.82. The summed E-state index contributed by atoms with van der Waals surface area (Å²) in [4.78, 5) is 15.4. The molecule has 0 spiro atoms. The maximum atomic E-state index is 13.0. The summed E-state index contributed by atoms with van der Waals surface area (Å²) < 4.78 is 40.4. The fourth-order valence-corrected chi connectivity index (χ4v) is 2.65. The smallest absolute Gasteiger partial charge is 0.365 e. The minimum absolute atomic E-state index is 0.0626. The molecule has 23 heavy (non-hydrogen) atoms. The van der Waals surface area contributed by atoms with Crippen LogP contribution in [0.2, 0.25) is 0 Å². The highest BCUT2D eigenvalue weighted by Gasteiger charge is 2.35. The predicted molar refractivity (Wildman–Crippen MR) is 77.4 cm³/mol. The Hall–Kier alpha value is -2.64. The van der Waals surface area contributed by atoms with Gasteiger partial charge in [-0.15, -0.1) is 0 Å². The second-order valence-electron chi connectivity index (χ2n) is 5.46. The number of fused-ring (bicyclic) bond motifs is 1. The number of alkyl halides is 3. The number of carbonyl (C=O) groups is 1. The highest BCUT2D eigenvalue weighted by molar-refractivity contribution is 5.98. The van der Waals surface area contributed by atoms with Crippen molar-refractivity contribution in [3.63, 3.8) is 0 Å². The minimum Gasteiger partial charge on any atom is -0.365 e. The molecule has 8 heteroatoms. The number of hydrogen-bond donors (Lipinski definition) is 1. The third kappa shape index (κ3) is 2.71. The molecule has 2 aromatic rings. The van der Waals surface area contributed by atoms with Crippen LogP contribution in [-0.2, 0) is 0 Å². The topological polar surface area (TPSA) is 73.3 Å². The number of allylic oxidation sites excluding steroid dienone is 4. The zero-order valence-corrected chi connectivity index (χ0v) is 12.1. The molecule has 1 aliphatic carbocycles. The van der Waals surface area contributed by atoms with Crippen LogP contribution in [0.4, 0.5) is 13.2 Å². The monoisotopic (exact) mass is 322 g/mol. The van der Waals surface area contributed by atoms with Crippen LogP contribution >= 0.6 is 0 Å². The number of nitrogens with two attached hydrogens (primary N) is 1. The Morgan fingerprint density at radius 3 is 2.83 bits per heavy atom. The van der Waals surface area contributed by atoms with E-state index >= 15 is 0 Å². The molecule has 2 heterocycles. The molecule has 1 unspecified atom stereocenters. The fourth-order valence-electron chi connectivity index (χ4n) is 2.65. The lowest BCUT2D eigenvalue weighted by Gasteiger charge is -2.21. The van der Waals surface area contributed by atoms with E-state index in [2.05, 4.69) is 10.1 Å². The highest BCUT2D eigenvalue weighted by Crippen LogP contribution is 2.37. The van der Waals surface area contributed by atoms with E-state index in [1.54, 1.807) is 19.1 Å². The molecule has 3 rings (SSSR count). The summed E-state index contributed by atoms with van der Waals surface area (Å²) in [7, 11) is 0. The number of amides is 1. The van der Waals surface area contributed by atoms with Crippen LogP contribution in [0.3, 0.4) is 0 Å². The van der Waals surface area contributed by atoms with Crippen molar-refractivity contribution in [1.29, 1.82) is 0 Å². The van der Waals surface area contributed by atoms with Gasteiger partial charge in [0.15, 0.2) is 5.65 Å². The van der Waals surface area contributed by atoms with Gasteiger partial charge in [0.2, 0.25) is 0 Å². The van der Waals surface area contributed by atoms with Crippen molar-refractivity contribution in [2.45, 2.75) is 19.5 Å². The van der Waals surface area contributed by atoms with E-state index in [9.17, 15) is 18.0 Å². The van der Waals surface area contributed by atoms with Gasteiger partial charge in [0.25, 0.3) is 5.91 Å². The van der Waals surface area contributed by atoms with Crippen LogP contribution < -0.4 is 5.73 Å². The molecule has 1 atom stereocenters. The molecule has 5 nitrogen and oxygen atoms in total. The number of aromatic nitrogens is 3. The Balaban J connectivity index is 2.17. The number of nitrogens with zero attached hydrogens (tertiary/aromatic N) is 3. The first kappa shape index (κ1) is 15.3. The van der Waals surface area contributed by atoms with E-state index in [-0.39, 0.29) is 23.5 Å². The average molecular weight is 322 g/mol. The van der Waals surface area contributed by atoms with Crippen LogP contribution in [0.1, 0.15) is 29.4 Å². The van der Waals surface area contributed by atoms with Crippen LogP contribution in [-0.4, -0.2) is 26.7 Å². The summed E-state index contributed by atoms with van der Waals surface area (Å²) in [6, 6.07) is 1.55. The number of primary amides is 1. The Morgan fingerprint density at radius 2 is 2.17 bits per heavy atom. The minimum atomic E-state index is -4.37.